The van der Waals surface area contributed by atoms with E-state index in [4.69, 9.17) is 0 Å². The minimum atomic E-state index is -0.0668. The lowest BCUT2D eigenvalue weighted by molar-refractivity contribution is 0.0963. The first-order valence-electron chi connectivity index (χ1n) is 9.73. The molecule has 3 N–H and O–H groups in total. The van der Waals surface area contributed by atoms with Gasteiger partial charge < -0.3 is 20.9 Å². The highest BCUT2D eigenvalue weighted by Gasteiger charge is 2.04. The fourth-order valence-corrected chi connectivity index (χ4v) is 2.80. The molecule has 0 spiro atoms. The van der Waals surface area contributed by atoms with Crippen LogP contribution in [0.15, 0.2) is 59.6 Å². The van der Waals surface area contributed by atoms with Gasteiger partial charge in [0.05, 0.1) is 0 Å². The molecule has 0 aliphatic carbocycles. The van der Waals surface area contributed by atoms with E-state index in [1.54, 1.807) is 7.05 Å². The summed E-state index contributed by atoms with van der Waals surface area (Å²) in [7, 11) is 3.73. The maximum Gasteiger partial charge on any atom is 0.251 e. The molecular formula is C22H32IN5O. The van der Waals surface area contributed by atoms with Crippen LogP contribution in [0.1, 0.15) is 22.8 Å². The average Bonchev–Trinajstić information content (AvgIpc) is 2.74. The number of amides is 1. The Bertz CT molecular complexity index is 767. The van der Waals surface area contributed by atoms with Crippen LogP contribution in [0.3, 0.4) is 0 Å². The summed E-state index contributed by atoms with van der Waals surface area (Å²) in [5, 5.41) is 9.31. The Labute approximate surface area is 191 Å². The second-order valence-corrected chi connectivity index (χ2v) is 6.47. The Kier molecular flexibility index (Phi) is 11.8. The summed E-state index contributed by atoms with van der Waals surface area (Å²) in [6.45, 7) is 5.19. The summed E-state index contributed by atoms with van der Waals surface area (Å²) < 4.78 is 0. The molecule has 0 aromatic heterocycles. The van der Waals surface area contributed by atoms with E-state index in [1.807, 2.05) is 42.5 Å². The first-order chi connectivity index (χ1) is 13.6. The van der Waals surface area contributed by atoms with Gasteiger partial charge in [-0.2, -0.15) is 0 Å². The van der Waals surface area contributed by atoms with Crippen LogP contribution in [0.5, 0.6) is 0 Å². The summed E-state index contributed by atoms with van der Waals surface area (Å²) >= 11 is 0. The minimum Gasteiger partial charge on any atom is -0.373 e. The lowest BCUT2D eigenvalue weighted by Crippen LogP contribution is -2.41. The predicted octanol–water partition coefficient (Wildman–Crippen LogP) is 2.90. The van der Waals surface area contributed by atoms with Gasteiger partial charge in [-0.3, -0.25) is 9.79 Å². The minimum absolute atomic E-state index is 0. The number of nitrogens with one attached hydrogen (secondary N) is 3. The van der Waals surface area contributed by atoms with Crippen LogP contribution >= 0.6 is 24.0 Å². The van der Waals surface area contributed by atoms with Crippen molar-refractivity contribution >= 4 is 41.5 Å². The molecule has 0 unspecified atom stereocenters. The highest BCUT2D eigenvalue weighted by molar-refractivity contribution is 14.0. The number of carbonyl (C=O) groups is 1. The molecule has 0 atom stereocenters. The number of rotatable bonds is 9. The van der Waals surface area contributed by atoms with Crippen molar-refractivity contribution < 1.29 is 4.79 Å². The quantitative estimate of drug-likeness (QED) is 0.276. The Morgan fingerprint density at radius 2 is 1.83 bits per heavy atom. The zero-order valence-electron chi connectivity index (χ0n) is 17.4. The molecule has 1 amide bonds. The average molecular weight is 509 g/mol. The van der Waals surface area contributed by atoms with Crippen molar-refractivity contribution in [3.63, 3.8) is 0 Å². The SMILES string of the molecule is CCNC(=NCCc1cccc(C(=O)NC)c1)NCCN(C)c1ccccc1.I. The molecule has 0 saturated heterocycles. The Hall–Kier alpha value is -2.29. The number of guanidine groups is 1. The molecule has 0 radical (unpaired) electrons. The van der Waals surface area contributed by atoms with Crippen LogP contribution in [-0.2, 0) is 6.42 Å². The third-order valence-corrected chi connectivity index (χ3v) is 4.37. The normalized spacial score (nSPS) is 10.7. The van der Waals surface area contributed by atoms with E-state index in [0.29, 0.717) is 12.1 Å². The maximum atomic E-state index is 11.7. The van der Waals surface area contributed by atoms with Gasteiger partial charge in [0, 0.05) is 51.5 Å². The molecular weight excluding hydrogens is 477 g/mol. The molecule has 2 rings (SSSR count). The lowest BCUT2D eigenvalue weighted by Gasteiger charge is -2.20. The van der Waals surface area contributed by atoms with E-state index in [-0.39, 0.29) is 29.9 Å². The molecule has 6 nitrogen and oxygen atoms in total. The van der Waals surface area contributed by atoms with Crippen LogP contribution in [0.25, 0.3) is 0 Å². The Morgan fingerprint density at radius 3 is 2.52 bits per heavy atom. The van der Waals surface area contributed by atoms with Gasteiger partial charge in [-0.15, -0.1) is 24.0 Å². The lowest BCUT2D eigenvalue weighted by atomic mass is 10.1. The number of anilines is 1. The van der Waals surface area contributed by atoms with Gasteiger partial charge in [-0.25, -0.2) is 0 Å². The van der Waals surface area contributed by atoms with Gasteiger partial charge in [-0.05, 0) is 43.2 Å². The van der Waals surface area contributed by atoms with E-state index in [2.05, 4.69) is 51.9 Å². The van der Waals surface area contributed by atoms with Crippen molar-refractivity contribution in [3.05, 3.63) is 65.7 Å². The van der Waals surface area contributed by atoms with Gasteiger partial charge in [0.2, 0.25) is 0 Å². The van der Waals surface area contributed by atoms with Gasteiger partial charge in [0.15, 0.2) is 5.96 Å². The van der Waals surface area contributed by atoms with Crippen molar-refractivity contribution in [2.24, 2.45) is 4.99 Å². The molecule has 0 bridgehead atoms. The van der Waals surface area contributed by atoms with E-state index >= 15 is 0 Å². The zero-order chi connectivity index (χ0) is 20.2. The van der Waals surface area contributed by atoms with Crippen LogP contribution < -0.4 is 20.9 Å². The van der Waals surface area contributed by atoms with Crippen molar-refractivity contribution in [1.82, 2.24) is 16.0 Å². The zero-order valence-corrected chi connectivity index (χ0v) is 19.8. The number of hydrogen-bond donors (Lipinski definition) is 3. The summed E-state index contributed by atoms with van der Waals surface area (Å²) in [4.78, 5) is 18.6. The van der Waals surface area contributed by atoms with E-state index in [0.717, 1.165) is 37.6 Å². The van der Waals surface area contributed by atoms with Crippen molar-refractivity contribution in [3.8, 4) is 0 Å². The fraction of sp³-hybridized carbons (Fsp3) is 0.364. The first-order valence-corrected chi connectivity index (χ1v) is 9.73. The second-order valence-electron chi connectivity index (χ2n) is 6.47. The number of carbonyl (C=O) groups excluding carboxylic acids is 1. The predicted molar refractivity (Wildman–Crippen MR) is 133 cm³/mol. The third kappa shape index (κ3) is 8.72. The smallest absolute Gasteiger partial charge is 0.251 e. The number of benzene rings is 2. The summed E-state index contributed by atoms with van der Waals surface area (Å²) in [6.07, 6.45) is 0.783. The van der Waals surface area contributed by atoms with Gasteiger partial charge >= 0.3 is 0 Å². The van der Waals surface area contributed by atoms with Gasteiger partial charge in [-0.1, -0.05) is 30.3 Å². The molecule has 29 heavy (non-hydrogen) atoms. The molecule has 7 heteroatoms. The molecule has 2 aromatic carbocycles. The van der Waals surface area contributed by atoms with E-state index < -0.39 is 0 Å². The van der Waals surface area contributed by atoms with Crippen LogP contribution in [0.2, 0.25) is 0 Å². The van der Waals surface area contributed by atoms with Crippen molar-refractivity contribution in [2.75, 3.05) is 45.2 Å². The number of aliphatic imine (C=N–C) groups is 1. The van der Waals surface area contributed by atoms with Gasteiger partial charge in [0.25, 0.3) is 5.91 Å². The molecule has 0 fully saturated rings. The number of hydrogen-bond acceptors (Lipinski definition) is 3. The summed E-state index contributed by atoms with van der Waals surface area (Å²) in [5.41, 5.74) is 2.98. The van der Waals surface area contributed by atoms with Gasteiger partial charge in [0.1, 0.15) is 0 Å². The van der Waals surface area contributed by atoms with E-state index in [9.17, 15) is 4.79 Å². The third-order valence-electron chi connectivity index (χ3n) is 4.37. The largest absolute Gasteiger partial charge is 0.373 e. The molecule has 0 aliphatic heterocycles. The highest BCUT2D eigenvalue weighted by atomic mass is 127. The number of para-hydroxylation sites is 1. The van der Waals surface area contributed by atoms with Crippen LogP contribution in [0.4, 0.5) is 5.69 Å². The van der Waals surface area contributed by atoms with Crippen LogP contribution in [-0.4, -0.2) is 52.1 Å². The first kappa shape index (κ1) is 24.7. The fourth-order valence-electron chi connectivity index (χ4n) is 2.80. The Balaban J connectivity index is 0.00000420. The second kappa shape index (κ2) is 13.8. The molecule has 2 aromatic rings. The molecule has 0 saturated carbocycles. The molecule has 158 valence electrons. The summed E-state index contributed by atoms with van der Waals surface area (Å²) in [6, 6.07) is 18.0. The Morgan fingerprint density at radius 1 is 1.07 bits per heavy atom. The molecule has 0 heterocycles. The number of nitrogens with zero attached hydrogens (tertiary/aromatic N) is 2. The van der Waals surface area contributed by atoms with Crippen molar-refractivity contribution in [1.29, 1.82) is 0 Å². The number of likely N-dealkylation sites (N-methyl/N-ethyl adjacent to an activating group) is 1. The standard InChI is InChI=1S/C22H31N5O.HI/c1-4-24-22(26-15-16-27(3)20-11-6-5-7-12-20)25-14-13-18-9-8-10-19(17-18)21(28)23-2;/h5-12,17H,4,13-16H2,1-3H3,(H,23,28)(H2,24,25,26);1H. The van der Waals surface area contributed by atoms with Crippen molar-refractivity contribution in [2.45, 2.75) is 13.3 Å². The summed E-state index contributed by atoms with van der Waals surface area (Å²) in [5.74, 6) is 0.745. The highest BCUT2D eigenvalue weighted by Crippen LogP contribution is 2.09. The molecule has 0 aliphatic rings. The topological polar surface area (TPSA) is 68.8 Å². The van der Waals surface area contributed by atoms with Crippen LogP contribution in [0, 0.1) is 0 Å². The maximum absolute atomic E-state index is 11.7. The van der Waals surface area contributed by atoms with E-state index in [1.165, 1.54) is 5.69 Å². The monoisotopic (exact) mass is 509 g/mol. The number of halogens is 1.